The fourth-order valence-corrected chi connectivity index (χ4v) is 4.73. The molecular weight excluding hydrogens is 450 g/mol. The Morgan fingerprint density at radius 2 is 1.94 bits per heavy atom. The van der Waals surface area contributed by atoms with E-state index in [1.807, 2.05) is 35.2 Å². The summed E-state index contributed by atoms with van der Waals surface area (Å²) in [4.78, 5) is 34.2. The van der Waals surface area contributed by atoms with Crippen LogP contribution in [0.1, 0.15) is 24.0 Å². The van der Waals surface area contributed by atoms with Gasteiger partial charge in [0, 0.05) is 45.2 Å². The summed E-state index contributed by atoms with van der Waals surface area (Å²) in [7, 11) is 0. The molecule has 35 heavy (non-hydrogen) atoms. The number of hydrogen-bond donors (Lipinski definition) is 0. The van der Waals surface area contributed by atoms with Crippen LogP contribution in [-0.2, 0) is 32.1 Å². The van der Waals surface area contributed by atoms with Crippen LogP contribution in [0.3, 0.4) is 0 Å². The van der Waals surface area contributed by atoms with Crippen LogP contribution in [0.4, 0.5) is 0 Å². The first kappa shape index (κ1) is 23.6. The monoisotopic (exact) mass is 481 g/mol. The topological polar surface area (TPSA) is 90.4 Å². The second kappa shape index (κ2) is 11.0. The number of benzene rings is 1. The van der Waals surface area contributed by atoms with Crippen LogP contribution < -0.4 is 9.47 Å². The van der Waals surface area contributed by atoms with Gasteiger partial charge in [-0.3, -0.25) is 14.6 Å². The van der Waals surface area contributed by atoms with Crippen molar-refractivity contribution in [2.45, 2.75) is 32.0 Å². The van der Waals surface area contributed by atoms with Crippen molar-refractivity contribution in [3.8, 4) is 11.5 Å². The van der Waals surface area contributed by atoms with Gasteiger partial charge in [0.15, 0.2) is 11.5 Å². The molecule has 2 fully saturated rings. The van der Waals surface area contributed by atoms with E-state index in [9.17, 15) is 9.59 Å². The van der Waals surface area contributed by atoms with Crippen LogP contribution in [0.15, 0.2) is 42.7 Å². The molecule has 0 N–H and O–H groups in total. The molecule has 3 aliphatic rings. The summed E-state index contributed by atoms with van der Waals surface area (Å²) in [5.41, 5.74) is 1.78. The Bertz CT molecular complexity index is 1030. The number of carbonyl (C=O) groups is 2. The first-order valence-electron chi connectivity index (χ1n) is 12.2. The van der Waals surface area contributed by atoms with Crippen LogP contribution in [0.5, 0.6) is 11.5 Å². The zero-order valence-electron chi connectivity index (χ0n) is 19.8. The van der Waals surface area contributed by atoms with Gasteiger partial charge in [0.25, 0.3) is 0 Å². The van der Waals surface area contributed by atoms with E-state index >= 15 is 0 Å². The smallest absolute Gasteiger partial charge is 0.242 e. The Morgan fingerprint density at radius 3 is 2.77 bits per heavy atom. The quantitative estimate of drug-likeness (QED) is 0.598. The number of carbonyl (C=O) groups excluding carboxylic acids is 2. The molecule has 0 spiro atoms. The number of pyridine rings is 1. The van der Waals surface area contributed by atoms with Gasteiger partial charge < -0.3 is 28.7 Å². The molecule has 2 saturated heterocycles. The molecule has 0 bridgehead atoms. The van der Waals surface area contributed by atoms with Crippen molar-refractivity contribution in [3.63, 3.8) is 0 Å². The first-order chi connectivity index (χ1) is 17.1. The third-order valence-electron chi connectivity index (χ3n) is 6.70. The van der Waals surface area contributed by atoms with Gasteiger partial charge in [-0.2, -0.15) is 0 Å². The predicted molar refractivity (Wildman–Crippen MR) is 126 cm³/mol. The van der Waals surface area contributed by atoms with Gasteiger partial charge in [-0.05, 0) is 48.1 Å². The molecule has 0 aliphatic carbocycles. The van der Waals surface area contributed by atoms with E-state index in [2.05, 4.69) is 4.98 Å². The van der Waals surface area contributed by atoms with Gasteiger partial charge in [0.05, 0.1) is 25.7 Å². The largest absolute Gasteiger partial charge is 0.454 e. The minimum absolute atomic E-state index is 0.0389. The van der Waals surface area contributed by atoms with E-state index in [1.165, 1.54) is 0 Å². The van der Waals surface area contributed by atoms with Crippen LogP contribution in [-0.4, -0.2) is 78.9 Å². The summed E-state index contributed by atoms with van der Waals surface area (Å²) in [6, 6.07) is 9.33. The average Bonchev–Trinajstić information content (AvgIpc) is 3.29. The number of ether oxygens (including phenoxy) is 4. The molecule has 186 valence electrons. The average molecular weight is 482 g/mol. The van der Waals surface area contributed by atoms with Crippen molar-refractivity contribution in [2.75, 3.05) is 46.2 Å². The molecule has 0 radical (unpaired) electrons. The minimum Gasteiger partial charge on any atom is -0.454 e. The number of aromatic nitrogens is 1. The highest BCUT2D eigenvalue weighted by Gasteiger charge is 2.32. The van der Waals surface area contributed by atoms with Gasteiger partial charge in [0.2, 0.25) is 18.6 Å². The molecule has 1 atom stereocenters. The van der Waals surface area contributed by atoms with E-state index in [4.69, 9.17) is 18.9 Å². The summed E-state index contributed by atoms with van der Waals surface area (Å²) in [6.07, 6.45) is 5.26. The highest BCUT2D eigenvalue weighted by atomic mass is 16.7. The summed E-state index contributed by atoms with van der Waals surface area (Å²) < 4.78 is 22.5. The highest BCUT2D eigenvalue weighted by Crippen LogP contribution is 2.32. The van der Waals surface area contributed by atoms with E-state index in [-0.39, 0.29) is 37.7 Å². The van der Waals surface area contributed by atoms with Crippen molar-refractivity contribution >= 4 is 11.8 Å². The first-order valence-corrected chi connectivity index (χ1v) is 12.2. The second-order valence-electron chi connectivity index (χ2n) is 9.29. The number of rotatable bonds is 7. The summed E-state index contributed by atoms with van der Waals surface area (Å²) >= 11 is 0. The van der Waals surface area contributed by atoms with Crippen molar-refractivity contribution in [1.29, 1.82) is 0 Å². The summed E-state index contributed by atoms with van der Waals surface area (Å²) in [6.45, 7) is 3.57. The lowest BCUT2D eigenvalue weighted by Gasteiger charge is -2.30. The maximum Gasteiger partial charge on any atom is 0.242 e. The number of nitrogens with zero attached hydrogens (tertiary/aromatic N) is 3. The van der Waals surface area contributed by atoms with Crippen molar-refractivity contribution < 1.29 is 28.5 Å². The zero-order chi connectivity index (χ0) is 24.0. The molecule has 0 saturated carbocycles. The molecule has 9 heteroatoms. The molecule has 4 heterocycles. The Kier molecular flexibility index (Phi) is 7.44. The Balaban J connectivity index is 1.28. The lowest BCUT2D eigenvalue weighted by molar-refractivity contribution is -0.138. The summed E-state index contributed by atoms with van der Waals surface area (Å²) in [5.74, 6) is 1.58. The van der Waals surface area contributed by atoms with E-state index < -0.39 is 0 Å². The maximum absolute atomic E-state index is 13.3. The van der Waals surface area contributed by atoms with Gasteiger partial charge in [0.1, 0.15) is 0 Å². The van der Waals surface area contributed by atoms with Crippen LogP contribution in [0, 0.1) is 5.92 Å². The number of fused-ring (bicyclic) bond motifs is 1. The van der Waals surface area contributed by atoms with Crippen molar-refractivity contribution in [1.82, 2.24) is 14.8 Å². The standard InChI is InChI=1S/C26H31N3O6/c30-25(11-20-3-4-23-24(10-20)35-18-34-23)29-15-22(33-17-21-2-1-7-27-12-21)14-28(26(31)16-29)13-19-5-8-32-9-6-19/h1-4,7,10,12,19,22H,5-6,8-9,11,13-18H2/t22-/m0/s1. The molecule has 2 aromatic rings. The van der Waals surface area contributed by atoms with Crippen molar-refractivity contribution in [3.05, 3.63) is 53.9 Å². The molecular formula is C26H31N3O6. The zero-order valence-corrected chi connectivity index (χ0v) is 19.8. The lowest BCUT2D eigenvalue weighted by Crippen LogP contribution is -2.42. The van der Waals surface area contributed by atoms with E-state index in [0.717, 1.165) is 37.2 Å². The predicted octanol–water partition coefficient (Wildman–Crippen LogP) is 2.04. The fourth-order valence-electron chi connectivity index (χ4n) is 4.73. The van der Waals surface area contributed by atoms with E-state index in [0.29, 0.717) is 43.7 Å². The lowest BCUT2D eigenvalue weighted by atomic mass is 9.99. The van der Waals surface area contributed by atoms with Crippen LogP contribution >= 0.6 is 0 Å². The molecule has 1 aromatic carbocycles. The molecule has 9 nitrogen and oxygen atoms in total. The molecule has 1 aromatic heterocycles. The van der Waals surface area contributed by atoms with Gasteiger partial charge in [-0.25, -0.2) is 0 Å². The SMILES string of the molecule is O=C(Cc1ccc2c(c1)OCO2)N1CC(=O)N(CC2CCOCC2)C[C@H](OCc2cccnc2)C1. The van der Waals surface area contributed by atoms with E-state index in [1.54, 1.807) is 17.3 Å². The number of amides is 2. The molecule has 5 rings (SSSR count). The normalized spacial score (nSPS) is 20.7. The van der Waals surface area contributed by atoms with Gasteiger partial charge in [-0.1, -0.05) is 12.1 Å². The third kappa shape index (κ3) is 6.10. The Hall–Kier alpha value is -3.17. The summed E-state index contributed by atoms with van der Waals surface area (Å²) in [5, 5.41) is 0. The highest BCUT2D eigenvalue weighted by molar-refractivity contribution is 5.86. The molecule has 2 amide bonds. The third-order valence-corrected chi connectivity index (χ3v) is 6.70. The maximum atomic E-state index is 13.3. The Labute approximate surface area is 204 Å². The Morgan fingerprint density at radius 1 is 1.09 bits per heavy atom. The molecule has 0 unspecified atom stereocenters. The fraction of sp³-hybridized carbons (Fsp3) is 0.500. The minimum atomic E-state index is -0.290. The number of hydrogen-bond acceptors (Lipinski definition) is 7. The van der Waals surface area contributed by atoms with Crippen LogP contribution in [0.25, 0.3) is 0 Å². The van der Waals surface area contributed by atoms with Gasteiger partial charge in [-0.15, -0.1) is 0 Å². The molecule has 3 aliphatic heterocycles. The second-order valence-corrected chi connectivity index (χ2v) is 9.29. The van der Waals surface area contributed by atoms with Crippen molar-refractivity contribution in [2.24, 2.45) is 5.92 Å². The van der Waals surface area contributed by atoms with Crippen LogP contribution in [0.2, 0.25) is 0 Å². The van der Waals surface area contributed by atoms with Gasteiger partial charge >= 0.3 is 0 Å².